The third kappa shape index (κ3) is 5.47. The van der Waals surface area contributed by atoms with Gasteiger partial charge in [0.15, 0.2) is 0 Å². The van der Waals surface area contributed by atoms with E-state index < -0.39 is 0 Å². The number of amides is 1. The molecule has 0 unspecified atom stereocenters. The molecule has 1 fully saturated rings. The van der Waals surface area contributed by atoms with E-state index in [-0.39, 0.29) is 11.9 Å². The topological polar surface area (TPSA) is 71.7 Å². The zero-order valence-corrected chi connectivity index (χ0v) is 20.4. The Bertz CT molecular complexity index is 1230. The smallest absolute Gasteiger partial charge is 0.227 e. The van der Waals surface area contributed by atoms with E-state index in [1.54, 1.807) is 7.11 Å². The van der Waals surface area contributed by atoms with Gasteiger partial charge in [-0.05, 0) is 23.3 Å². The Balaban J connectivity index is 1.18. The summed E-state index contributed by atoms with van der Waals surface area (Å²) in [5.41, 5.74) is 3.36. The molecular formula is C29H30N4O3. The largest absolute Gasteiger partial charge is 0.497 e. The fourth-order valence-electron chi connectivity index (χ4n) is 4.72. The number of methoxy groups -OCH3 is 1. The van der Waals surface area contributed by atoms with Crippen molar-refractivity contribution < 1.29 is 14.1 Å². The van der Waals surface area contributed by atoms with Crippen molar-refractivity contribution in [3.05, 3.63) is 102 Å². The molecule has 36 heavy (non-hydrogen) atoms. The molecule has 184 valence electrons. The zero-order chi connectivity index (χ0) is 24.7. The van der Waals surface area contributed by atoms with Gasteiger partial charge in [0.2, 0.25) is 17.6 Å². The molecule has 3 aromatic carbocycles. The molecule has 0 atom stereocenters. The Morgan fingerprint density at radius 2 is 1.58 bits per heavy atom. The van der Waals surface area contributed by atoms with Crippen LogP contribution in [0.5, 0.6) is 5.75 Å². The monoisotopic (exact) mass is 482 g/mol. The van der Waals surface area contributed by atoms with Crippen molar-refractivity contribution in [1.82, 2.24) is 19.9 Å². The van der Waals surface area contributed by atoms with Gasteiger partial charge in [-0.15, -0.1) is 0 Å². The summed E-state index contributed by atoms with van der Waals surface area (Å²) >= 11 is 0. The van der Waals surface area contributed by atoms with E-state index in [0.29, 0.717) is 37.6 Å². The van der Waals surface area contributed by atoms with Crippen molar-refractivity contribution in [3.63, 3.8) is 0 Å². The molecule has 0 aliphatic carbocycles. The molecule has 1 aromatic heterocycles. The van der Waals surface area contributed by atoms with Crippen LogP contribution < -0.4 is 4.74 Å². The van der Waals surface area contributed by atoms with Crippen LogP contribution in [-0.4, -0.2) is 59.1 Å². The van der Waals surface area contributed by atoms with Crippen LogP contribution in [-0.2, 0) is 11.2 Å². The number of aromatic nitrogens is 2. The van der Waals surface area contributed by atoms with Gasteiger partial charge in [0, 0.05) is 44.6 Å². The van der Waals surface area contributed by atoms with Gasteiger partial charge in [-0.1, -0.05) is 78.0 Å². The molecule has 0 saturated carbocycles. The first-order valence-corrected chi connectivity index (χ1v) is 12.3. The molecule has 0 spiro atoms. The minimum atomic E-state index is 0.117. The van der Waals surface area contributed by atoms with Gasteiger partial charge in [-0.25, -0.2) is 0 Å². The molecule has 7 nitrogen and oxygen atoms in total. The summed E-state index contributed by atoms with van der Waals surface area (Å²) in [7, 11) is 1.62. The first-order chi connectivity index (χ1) is 17.7. The second kappa shape index (κ2) is 11.2. The van der Waals surface area contributed by atoms with Crippen LogP contribution in [0.1, 0.15) is 29.5 Å². The van der Waals surface area contributed by atoms with Gasteiger partial charge >= 0.3 is 0 Å². The predicted octanol–water partition coefficient (Wildman–Crippen LogP) is 4.61. The molecule has 0 N–H and O–H groups in total. The average Bonchev–Trinajstić information content (AvgIpc) is 3.43. The fourth-order valence-corrected chi connectivity index (χ4v) is 4.72. The Kier molecular flexibility index (Phi) is 7.38. The van der Waals surface area contributed by atoms with Gasteiger partial charge < -0.3 is 14.2 Å². The van der Waals surface area contributed by atoms with Crippen LogP contribution in [0.3, 0.4) is 0 Å². The van der Waals surface area contributed by atoms with Crippen molar-refractivity contribution in [2.75, 3.05) is 33.3 Å². The lowest BCUT2D eigenvalue weighted by Crippen LogP contribution is -2.49. The van der Waals surface area contributed by atoms with Gasteiger partial charge in [0.1, 0.15) is 5.75 Å². The first-order valence-electron chi connectivity index (χ1n) is 12.3. The van der Waals surface area contributed by atoms with E-state index in [0.717, 1.165) is 24.4 Å². The quantitative estimate of drug-likeness (QED) is 0.365. The Morgan fingerprint density at radius 3 is 2.22 bits per heavy atom. The number of nitrogens with zero attached hydrogens (tertiary/aromatic N) is 4. The molecule has 1 aliphatic heterocycles. The number of carbonyl (C=O) groups is 1. The Labute approximate surface area is 211 Å². The van der Waals surface area contributed by atoms with Crippen LogP contribution in [0.4, 0.5) is 0 Å². The molecule has 0 radical (unpaired) electrons. The maximum absolute atomic E-state index is 12.9. The van der Waals surface area contributed by atoms with Crippen LogP contribution in [0.2, 0.25) is 0 Å². The summed E-state index contributed by atoms with van der Waals surface area (Å²) in [6.07, 6.45) is 0.771. The summed E-state index contributed by atoms with van der Waals surface area (Å²) in [6.45, 7) is 3.04. The van der Waals surface area contributed by atoms with E-state index in [1.807, 2.05) is 41.3 Å². The van der Waals surface area contributed by atoms with E-state index in [4.69, 9.17) is 9.26 Å². The van der Waals surface area contributed by atoms with E-state index in [9.17, 15) is 4.79 Å². The van der Waals surface area contributed by atoms with Crippen molar-refractivity contribution in [3.8, 4) is 17.1 Å². The normalized spacial score (nSPS) is 14.2. The highest BCUT2D eigenvalue weighted by atomic mass is 16.5. The SMILES string of the molecule is COc1cccc(-c2noc(CCC(=O)N3CCN(C(c4ccccc4)c4ccccc4)CC3)n2)c1. The Hall–Kier alpha value is -3.97. The number of carbonyl (C=O) groups excluding carboxylic acids is 1. The molecule has 1 amide bonds. The summed E-state index contributed by atoms with van der Waals surface area (Å²) < 4.78 is 10.7. The molecule has 0 bridgehead atoms. The number of piperazine rings is 1. The summed E-state index contributed by atoms with van der Waals surface area (Å²) in [5, 5.41) is 4.07. The molecule has 1 aliphatic rings. The maximum Gasteiger partial charge on any atom is 0.227 e. The minimum Gasteiger partial charge on any atom is -0.497 e. The summed E-state index contributed by atoms with van der Waals surface area (Å²) in [6, 6.07) is 28.8. The van der Waals surface area contributed by atoms with Gasteiger partial charge in [-0.2, -0.15) is 4.98 Å². The van der Waals surface area contributed by atoms with Gasteiger partial charge in [-0.3, -0.25) is 9.69 Å². The Morgan fingerprint density at radius 1 is 0.917 bits per heavy atom. The van der Waals surface area contributed by atoms with E-state index in [2.05, 4.69) is 63.6 Å². The van der Waals surface area contributed by atoms with Crippen LogP contribution in [0, 0.1) is 0 Å². The molecule has 4 aromatic rings. The predicted molar refractivity (Wildman–Crippen MR) is 137 cm³/mol. The lowest BCUT2D eigenvalue weighted by molar-refractivity contribution is -0.133. The minimum absolute atomic E-state index is 0.117. The van der Waals surface area contributed by atoms with Crippen molar-refractivity contribution in [2.45, 2.75) is 18.9 Å². The number of hydrogen-bond donors (Lipinski definition) is 0. The fraction of sp³-hybridized carbons (Fsp3) is 0.276. The standard InChI is InChI=1S/C29H30N4O3/c1-35-25-14-8-13-24(21-25)29-30-26(36-31-29)15-16-27(34)32-17-19-33(20-18-32)28(22-9-4-2-5-10-22)23-11-6-3-7-12-23/h2-14,21,28H,15-20H2,1H3. The first kappa shape index (κ1) is 23.8. The lowest BCUT2D eigenvalue weighted by Gasteiger charge is -2.39. The highest BCUT2D eigenvalue weighted by Gasteiger charge is 2.28. The third-order valence-electron chi connectivity index (χ3n) is 6.61. The molecule has 1 saturated heterocycles. The van der Waals surface area contributed by atoms with E-state index in [1.165, 1.54) is 11.1 Å². The summed E-state index contributed by atoms with van der Waals surface area (Å²) in [5.74, 6) is 1.81. The van der Waals surface area contributed by atoms with Crippen LogP contribution >= 0.6 is 0 Å². The number of rotatable bonds is 8. The number of hydrogen-bond acceptors (Lipinski definition) is 6. The molecule has 5 rings (SSSR count). The lowest BCUT2D eigenvalue weighted by atomic mass is 9.96. The summed E-state index contributed by atoms with van der Waals surface area (Å²) in [4.78, 5) is 21.8. The number of benzene rings is 3. The highest BCUT2D eigenvalue weighted by molar-refractivity contribution is 5.76. The molecular weight excluding hydrogens is 452 g/mol. The van der Waals surface area contributed by atoms with Crippen molar-refractivity contribution >= 4 is 5.91 Å². The van der Waals surface area contributed by atoms with E-state index >= 15 is 0 Å². The van der Waals surface area contributed by atoms with Crippen molar-refractivity contribution in [2.24, 2.45) is 0 Å². The maximum atomic E-state index is 12.9. The van der Waals surface area contributed by atoms with Crippen LogP contribution in [0.15, 0.2) is 89.5 Å². The molecule has 2 heterocycles. The zero-order valence-electron chi connectivity index (χ0n) is 20.4. The molecule has 7 heteroatoms. The average molecular weight is 483 g/mol. The second-order valence-electron chi connectivity index (χ2n) is 8.88. The number of aryl methyl sites for hydroxylation is 1. The van der Waals surface area contributed by atoms with Gasteiger partial charge in [0.05, 0.1) is 13.2 Å². The number of ether oxygens (including phenoxy) is 1. The van der Waals surface area contributed by atoms with Gasteiger partial charge in [0.25, 0.3) is 0 Å². The highest BCUT2D eigenvalue weighted by Crippen LogP contribution is 2.29. The van der Waals surface area contributed by atoms with Crippen molar-refractivity contribution in [1.29, 1.82) is 0 Å². The third-order valence-corrected chi connectivity index (χ3v) is 6.61. The van der Waals surface area contributed by atoms with Crippen LogP contribution in [0.25, 0.3) is 11.4 Å². The second-order valence-corrected chi connectivity index (χ2v) is 8.88.